The SMILES string of the molecule is C=Cc1cc(C)ccc1OF.CC. The van der Waals surface area contributed by atoms with Crippen molar-refractivity contribution in [3.63, 3.8) is 0 Å². The summed E-state index contributed by atoms with van der Waals surface area (Å²) < 4.78 is 11.8. The van der Waals surface area contributed by atoms with Crippen molar-refractivity contribution >= 4 is 6.08 Å². The summed E-state index contributed by atoms with van der Waals surface area (Å²) in [6, 6.07) is 5.16. The van der Waals surface area contributed by atoms with E-state index in [1.165, 1.54) is 0 Å². The molecule has 1 aromatic rings. The second kappa shape index (κ2) is 6.23. The van der Waals surface area contributed by atoms with Gasteiger partial charge in [-0.1, -0.05) is 38.1 Å². The minimum atomic E-state index is 0.214. The third-order valence-corrected chi connectivity index (χ3v) is 1.47. The van der Waals surface area contributed by atoms with Crippen molar-refractivity contribution in [3.05, 3.63) is 35.9 Å². The zero-order valence-corrected chi connectivity index (χ0v) is 8.30. The molecule has 13 heavy (non-hydrogen) atoms. The molecule has 0 spiro atoms. The second-order valence-electron chi connectivity index (χ2n) is 2.32. The maximum absolute atomic E-state index is 11.8. The first-order chi connectivity index (χ1) is 6.27. The van der Waals surface area contributed by atoms with Gasteiger partial charge in [0.2, 0.25) is 0 Å². The van der Waals surface area contributed by atoms with Crippen molar-refractivity contribution in [1.29, 1.82) is 0 Å². The molecule has 2 heteroatoms. The van der Waals surface area contributed by atoms with Crippen molar-refractivity contribution in [1.82, 2.24) is 0 Å². The van der Waals surface area contributed by atoms with E-state index in [4.69, 9.17) is 0 Å². The predicted molar refractivity (Wildman–Crippen MR) is 54.4 cm³/mol. The summed E-state index contributed by atoms with van der Waals surface area (Å²) >= 11 is 0. The summed E-state index contributed by atoms with van der Waals surface area (Å²) in [4.78, 5) is 3.62. The van der Waals surface area contributed by atoms with Gasteiger partial charge in [-0.15, -0.1) is 0 Å². The van der Waals surface area contributed by atoms with Crippen LogP contribution in [0.3, 0.4) is 0 Å². The summed E-state index contributed by atoms with van der Waals surface area (Å²) in [5.74, 6) is 0.214. The molecule has 1 rings (SSSR count). The van der Waals surface area contributed by atoms with Gasteiger partial charge in [-0.2, -0.15) is 0 Å². The third-order valence-electron chi connectivity index (χ3n) is 1.47. The highest BCUT2D eigenvalue weighted by Crippen LogP contribution is 2.20. The van der Waals surface area contributed by atoms with Crippen LogP contribution in [0.15, 0.2) is 24.8 Å². The Bertz CT molecular complexity index is 269. The summed E-state index contributed by atoms with van der Waals surface area (Å²) in [5, 5.41) is 0. The van der Waals surface area contributed by atoms with Crippen LogP contribution in [0.2, 0.25) is 0 Å². The largest absolute Gasteiger partial charge is 0.294 e. The number of aryl methyl sites for hydroxylation is 1. The monoisotopic (exact) mass is 182 g/mol. The van der Waals surface area contributed by atoms with E-state index in [-0.39, 0.29) is 5.75 Å². The molecular formula is C11H15FO. The molecule has 0 atom stereocenters. The molecule has 0 aliphatic heterocycles. The smallest absolute Gasteiger partial charge is 0.179 e. The van der Waals surface area contributed by atoms with E-state index in [1.54, 1.807) is 18.2 Å². The fourth-order valence-corrected chi connectivity index (χ4v) is 0.898. The highest BCUT2D eigenvalue weighted by molar-refractivity contribution is 5.56. The van der Waals surface area contributed by atoms with E-state index in [1.807, 2.05) is 26.8 Å². The van der Waals surface area contributed by atoms with Crippen LogP contribution in [0, 0.1) is 6.92 Å². The molecular weight excluding hydrogens is 167 g/mol. The molecule has 0 saturated carbocycles. The van der Waals surface area contributed by atoms with Gasteiger partial charge in [0.05, 0.1) is 0 Å². The molecule has 0 bridgehead atoms. The van der Waals surface area contributed by atoms with Crippen LogP contribution in [-0.2, 0) is 0 Å². The molecule has 0 N–H and O–H groups in total. The van der Waals surface area contributed by atoms with Gasteiger partial charge < -0.3 is 0 Å². The molecule has 0 aliphatic rings. The number of hydrogen-bond donors (Lipinski definition) is 0. The first-order valence-electron chi connectivity index (χ1n) is 4.29. The zero-order chi connectivity index (χ0) is 10.3. The van der Waals surface area contributed by atoms with E-state index in [2.05, 4.69) is 11.5 Å². The van der Waals surface area contributed by atoms with Gasteiger partial charge in [-0.25, -0.2) is 0 Å². The molecule has 1 aromatic carbocycles. The molecule has 72 valence electrons. The Morgan fingerprint density at radius 3 is 2.46 bits per heavy atom. The Balaban J connectivity index is 0.000000671. The molecule has 0 unspecified atom stereocenters. The van der Waals surface area contributed by atoms with Gasteiger partial charge in [-0.3, -0.25) is 4.94 Å². The summed E-state index contributed by atoms with van der Waals surface area (Å²) in [6.45, 7) is 9.46. The standard InChI is InChI=1S/C9H9FO.C2H6/c1-3-8-6-7(2)4-5-9(8)11-10;1-2/h3-6H,1H2,2H3;1-2H3. The van der Waals surface area contributed by atoms with Crippen LogP contribution in [0.1, 0.15) is 25.0 Å². The van der Waals surface area contributed by atoms with Gasteiger partial charge in [-0.05, 0) is 19.1 Å². The van der Waals surface area contributed by atoms with Crippen LogP contribution in [0.5, 0.6) is 5.75 Å². The summed E-state index contributed by atoms with van der Waals surface area (Å²) in [6.07, 6.45) is 1.56. The van der Waals surface area contributed by atoms with Crippen LogP contribution in [-0.4, -0.2) is 0 Å². The number of benzene rings is 1. The number of hydrogen-bond acceptors (Lipinski definition) is 1. The van der Waals surface area contributed by atoms with Crippen molar-refractivity contribution < 1.29 is 9.47 Å². The molecule has 0 aliphatic carbocycles. The van der Waals surface area contributed by atoms with Gasteiger partial charge in [0, 0.05) is 10.1 Å². The topological polar surface area (TPSA) is 9.23 Å². The lowest BCUT2D eigenvalue weighted by atomic mass is 10.1. The summed E-state index contributed by atoms with van der Waals surface area (Å²) in [7, 11) is 0. The minimum absolute atomic E-state index is 0.214. The molecule has 0 saturated heterocycles. The molecule has 0 heterocycles. The van der Waals surface area contributed by atoms with Crippen molar-refractivity contribution in [2.75, 3.05) is 0 Å². The van der Waals surface area contributed by atoms with E-state index < -0.39 is 0 Å². The highest BCUT2D eigenvalue weighted by atomic mass is 19.3. The maximum Gasteiger partial charge on any atom is 0.179 e. The van der Waals surface area contributed by atoms with Crippen molar-refractivity contribution in [3.8, 4) is 5.75 Å². The number of rotatable bonds is 2. The fraction of sp³-hybridized carbons (Fsp3) is 0.273. The Hall–Kier alpha value is -1.31. The van der Waals surface area contributed by atoms with E-state index in [0.717, 1.165) is 5.56 Å². The Morgan fingerprint density at radius 1 is 1.38 bits per heavy atom. The average molecular weight is 182 g/mol. The van der Waals surface area contributed by atoms with E-state index in [9.17, 15) is 4.53 Å². The highest BCUT2D eigenvalue weighted by Gasteiger charge is 1.99. The summed E-state index contributed by atoms with van der Waals surface area (Å²) in [5.41, 5.74) is 1.73. The van der Waals surface area contributed by atoms with Crippen LogP contribution >= 0.6 is 0 Å². The van der Waals surface area contributed by atoms with Crippen molar-refractivity contribution in [2.24, 2.45) is 0 Å². The first kappa shape index (κ1) is 11.7. The molecule has 1 nitrogen and oxygen atoms in total. The van der Waals surface area contributed by atoms with Crippen LogP contribution < -0.4 is 4.94 Å². The second-order valence-corrected chi connectivity index (χ2v) is 2.32. The normalized spacial score (nSPS) is 8.31. The van der Waals surface area contributed by atoms with E-state index >= 15 is 0 Å². The molecule has 0 fully saturated rings. The van der Waals surface area contributed by atoms with Gasteiger partial charge in [0.1, 0.15) is 0 Å². The fourth-order valence-electron chi connectivity index (χ4n) is 0.898. The average Bonchev–Trinajstić information content (AvgIpc) is 2.20. The minimum Gasteiger partial charge on any atom is -0.294 e. The van der Waals surface area contributed by atoms with Crippen LogP contribution in [0.25, 0.3) is 6.08 Å². The van der Waals surface area contributed by atoms with E-state index in [0.29, 0.717) is 5.56 Å². The van der Waals surface area contributed by atoms with Crippen LogP contribution in [0.4, 0.5) is 4.53 Å². The lowest BCUT2D eigenvalue weighted by molar-refractivity contribution is -0.00646. The lowest BCUT2D eigenvalue weighted by Gasteiger charge is -2.00. The zero-order valence-electron chi connectivity index (χ0n) is 8.30. The maximum atomic E-state index is 11.8. The van der Waals surface area contributed by atoms with Gasteiger partial charge >= 0.3 is 0 Å². The van der Waals surface area contributed by atoms with Gasteiger partial charge in [0.15, 0.2) is 5.75 Å². The first-order valence-corrected chi connectivity index (χ1v) is 4.29. The van der Waals surface area contributed by atoms with Crippen molar-refractivity contribution in [2.45, 2.75) is 20.8 Å². The third kappa shape index (κ3) is 3.28. The Morgan fingerprint density at radius 2 is 2.00 bits per heavy atom. The molecule has 0 aromatic heterocycles. The Labute approximate surface area is 78.8 Å². The molecule has 0 radical (unpaired) electrons. The molecule has 0 amide bonds. The lowest BCUT2D eigenvalue weighted by Crippen LogP contribution is -1.82. The van der Waals surface area contributed by atoms with Gasteiger partial charge in [0.25, 0.3) is 0 Å². The number of halogens is 1. The quantitative estimate of drug-likeness (QED) is 0.673. The Kier molecular flexibility index (Phi) is 5.60. The predicted octanol–water partition coefficient (Wildman–Crippen LogP) is 3.93.